The van der Waals surface area contributed by atoms with Gasteiger partial charge in [-0.2, -0.15) is 0 Å². The van der Waals surface area contributed by atoms with Gasteiger partial charge in [-0.05, 0) is 24.3 Å². The Kier molecular flexibility index (Phi) is 3.61. The molecule has 5 nitrogen and oxygen atoms in total. The van der Waals surface area contributed by atoms with Crippen molar-refractivity contribution in [1.29, 1.82) is 0 Å². The standard InChI is InChI=1S/C15H10F2N4O/c16-11-2-1-3-12(14(11)17)20-15(22)10-4-5-13(19-8-10)21-7-6-18-9-21/h1-9H,(H,20,22). The topological polar surface area (TPSA) is 59.8 Å². The number of carbonyl (C=O) groups excluding carboxylic acids is 1. The van der Waals surface area contributed by atoms with Crippen LogP contribution >= 0.6 is 0 Å². The van der Waals surface area contributed by atoms with Crippen LogP contribution in [0.5, 0.6) is 0 Å². The molecule has 0 aliphatic carbocycles. The average molecular weight is 300 g/mol. The molecule has 110 valence electrons. The average Bonchev–Trinajstić information content (AvgIpc) is 3.06. The van der Waals surface area contributed by atoms with Crippen LogP contribution in [0, 0.1) is 11.6 Å². The van der Waals surface area contributed by atoms with Crippen LogP contribution in [0.1, 0.15) is 10.4 Å². The lowest BCUT2D eigenvalue weighted by molar-refractivity contribution is 0.102. The maximum atomic E-state index is 13.5. The van der Waals surface area contributed by atoms with E-state index < -0.39 is 17.5 Å². The van der Waals surface area contributed by atoms with Crippen molar-refractivity contribution in [2.45, 2.75) is 0 Å². The van der Waals surface area contributed by atoms with E-state index in [0.717, 1.165) is 6.07 Å². The van der Waals surface area contributed by atoms with Crippen LogP contribution in [0.3, 0.4) is 0 Å². The van der Waals surface area contributed by atoms with E-state index in [1.807, 2.05) is 0 Å². The van der Waals surface area contributed by atoms with Crippen LogP contribution in [0.2, 0.25) is 0 Å². The largest absolute Gasteiger partial charge is 0.319 e. The summed E-state index contributed by atoms with van der Waals surface area (Å²) in [5.41, 5.74) is 0.0104. The summed E-state index contributed by atoms with van der Waals surface area (Å²) in [5.74, 6) is -2.11. The zero-order valence-electron chi connectivity index (χ0n) is 11.2. The maximum Gasteiger partial charge on any atom is 0.257 e. The molecule has 0 unspecified atom stereocenters. The zero-order valence-corrected chi connectivity index (χ0v) is 11.2. The van der Waals surface area contributed by atoms with Crippen molar-refractivity contribution in [2.24, 2.45) is 0 Å². The van der Waals surface area contributed by atoms with Crippen LogP contribution in [-0.2, 0) is 0 Å². The lowest BCUT2D eigenvalue weighted by Gasteiger charge is -2.07. The summed E-state index contributed by atoms with van der Waals surface area (Å²) in [6.07, 6.45) is 6.24. The molecule has 1 aromatic carbocycles. The van der Waals surface area contributed by atoms with Crippen molar-refractivity contribution in [3.8, 4) is 5.82 Å². The minimum atomic E-state index is -1.10. The van der Waals surface area contributed by atoms with E-state index in [1.54, 1.807) is 29.4 Å². The monoisotopic (exact) mass is 300 g/mol. The number of hydrogen-bond donors (Lipinski definition) is 1. The number of nitrogens with one attached hydrogen (secondary N) is 1. The number of pyridine rings is 1. The number of amides is 1. The smallest absolute Gasteiger partial charge is 0.257 e. The minimum Gasteiger partial charge on any atom is -0.319 e. The van der Waals surface area contributed by atoms with Crippen LogP contribution in [0.4, 0.5) is 14.5 Å². The second-order valence-corrected chi connectivity index (χ2v) is 4.43. The van der Waals surface area contributed by atoms with Gasteiger partial charge in [-0.3, -0.25) is 9.36 Å². The highest BCUT2D eigenvalue weighted by atomic mass is 19.2. The molecule has 0 saturated carbocycles. The molecule has 7 heteroatoms. The van der Waals surface area contributed by atoms with Crippen LogP contribution in [-0.4, -0.2) is 20.4 Å². The lowest BCUT2D eigenvalue weighted by Crippen LogP contribution is -2.14. The van der Waals surface area contributed by atoms with Gasteiger partial charge < -0.3 is 5.32 Å². The molecule has 3 aromatic rings. The normalized spacial score (nSPS) is 10.5. The Balaban J connectivity index is 1.79. The molecule has 0 saturated heterocycles. The molecule has 1 amide bonds. The molecule has 22 heavy (non-hydrogen) atoms. The predicted octanol–water partition coefficient (Wildman–Crippen LogP) is 2.80. The van der Waals surface area contributed by atoms with Crippen molar-refractivity contribution in [3.05, 3.63) is 72.4 Å². The molecule has 0 atom stereocenters. The quantitative estimate of drug-likeness (QED) is 0.809. The molecule has 0 aliphatic rings. The lowest BCUT2D eigenvalue weighted by atomic mass is 10.2. The first-order valence-electron chi connectivity index (χ1n) is 6.35. The summed E-state index contributed by atoms with van der Waals surface area (Å²) in [6.45, 7) is 0. The SMILES string of the molecule is O=C(Nc1cccc(F)c1F)c1ccc(-n2ccnc2)nc1. The van der Waals surface area contributed by atoms with Crippen LogP contribution in [0.25, 0.3) is 5.82 Å². The first-order valence-corrected chi connectivity index (χ1v) is 6.35. The molecule has 0 radical (unpaired) electrons. The number of carbonyl (C=O) groups is 1. The molecule has 1 N–H and O–H groups in total. The van der Waals surface area contributed by atoms with Crippen molar-refractivity contribution >= 4 is 11.6 Å². The van der Waals surface area contributed by atoms with Gasteiger partial charge in [0.05, 0.1) is 11.3 Å². The highest BCUT2D eigenvalue weighted by Crippen LogP contribution is 2.17. The molecule has 2 aromatic heterocycles. The van der Waals surface area contributed by atoms with E-state index >= 15 is 0 Å². The van der Waals surface area contributed by atoms with Gasteiger partial charge in [0.1, 0.15) is 12.1 Å². The molecule has 0 spiro atoms. The van der Waals surface area contributed by atoms with Crippen molar-refractivity contribution in [1.82, 2.24) is 14.5 Å². The number of nitrogens with zero attached hydrogens (tertiary/aromatic N) is 3. The van der Waals surface area contributed by atoms with E-state index in [-0.39, 0.29) is 11.3 Å². The van der Waals surface area contributed by atoms with Gasteiger partial charge in [0, 0.05) is 18.6 Å². The summed E-state index contributed by atoms with van der Waals surface area (Å²) in [4.78, 5) is 20.0. The number of rotatable bonds is 3. The molecule has 0 fully saturated rings. The summed E-state index contributed by atoms with van der Waals surface area (Å²) in [5, 5.41) is 2.31. The van der Waals surface area contributed by atoms with Crippen molar-refractivity contribution in [2.75, 3.05) is 5.32 Å². The van der Waals surface area contributed by atoms with Gasteiger partial charge in [0.25, 0.3) is 5.91 Å². The summed E-state index contributed by atoms with van der Waals surface area (Å²) in [7, 11) is 0. The Bertz CT molecular complexity index is 801. The van der Waals surface area contributed by atoms with Crippen molar-refractivity contribution in [3.63, 3.8) is 0 Å². The molecule has 0 bridgehead atoms. The zero-order chi connectivity index (χ0) is 15.5. The Hall–Kier alpha value is -3.09. The van der Waals surface area contributed by atoms with E-state index in [0.29, 0.717) is 5.82 Å². The molecule has 0 aliphatic heterocycles. The number of benzene rings is 1. The molecular weight excluding hydrogens is 290 g/mol. The summed E-state index contributed by atoms with van der Waals surface area (Å²) in [6, 6.07) is 6.73. The number of imidazole rings is 1. The number of halogens is 2. The summed E-state index contributed by atoms with van der Waals surface area (Å²) < 4.78 is 28.3. The minimum absolute atomic E-state index is 0.219. The van der Waals surface area contributed by atoms with Crippen LogP contribution < -0.4 is 5.32 Å². The summed E-state index contributed by atoms with van der Waals surface area (Å²) >= 11 is 0. The van der Waals surface area contributed by atoms with Gasteiger partial charge in [0.15, 0.2) is 11.6 Å². The predicted molar refractivity (Wildman–Crippen MR) is 75.7 cm³/mol. The number of anilines is 1. The molecular formula is C15H10F2N4O. The fourth-order valence-electron chi connectivity index (χ4n) is 1.86. The third kappa shape index (κ3) is 2.69. The first kappa shape index (κ1) is 13.9. The molecule has 2 heterocycles. The maximum absolute atomic E-state index is 13.5. The number of aromatic nitrogens is 3. The van der Waals surface area contributed by atoms with Gasteiger partial charge >= 0.3 is 0 Å². The first-order chi connectivity index (χ1) is 10.6. The van der Waals surface area contributed by atoms with E-state index in [2.05, 4.69) is 15.3 Å². The fraction of sp³-hybridized carbons (Fsp3) is 0. The van der Waals surface area contributed by atoms with Crippen molar-refractivity contribution < 1.29 is 13.6 Å². The van der Waals surface area contributed by atoms with Gasteiger partial charge in [0.2, 0.25) is 0 Å². The van der Waals surface area contributed by atoms with E-state index in [1.165, 1.54) is 24.4 Å². The second-order valence-electron chi connectivity index (χ2n) is 4.43. The van der Waals surface area contributed by atoms with Gasteiger partial charge in [-0.1, -0.05) is 6.07 Å². The number of hydrogen-bond acceptors (Lipinski definition) is 3. The Morgan fingerprint density at radius 1 is 1.18 bits per heavy atom. The van der Waals surface area contributed by atoms with Gasteiger partial charge in [-0.25, -0.2) is 18.7 Å². The highest BCUT2D eigenvalue weighted by Gasteiger charge is 2.12. The Morgan fingerprint density at radius 2 is 2.05 bits per heavy atom. The van der Waals surface area contributed by atoms with E-state index in [9.17, 15) is 13.6 Å². The Morgan fingerprint density at radius 3 is 2.73 bits per heavy atom. The molecule has 3 rings (SSSR count). The van der Waals surface area contributed by atoms with Crippen LogP contribution in [0.15, 0.2) is 55.2 Å². The fourth-order valence-corrected chi connectivity index (χ4v) is 1.86. The van der Waals surface area contributed by atoms with E-state index in [4.69, 9.17) is 0 Å². The van der Waals surface area contributed by atoms with Gasteiger partial charge in [-0.15, -0.1) is 0 Å². The second kappa shape index (κ2) is 5.72. The third-order valence-electron chi connectivity index (χ3n) is 2.98. The third-order valence-corrected chi connectivity index (χ3v) is 2.98. The Labute approximate surface area is 124 Å². The highest BCUT2D eigenvalue weighted by molar-refractivity contribution is 6.04.